The Bertz CT molecular complexity index is 1300. The summed E-state index contributed by atoms with van der Waals surface area (Å²) < 4.78 is 38.0. The minimum atomic E-state index is -3.55. The second-order valence-corrected chi connectivity index (χ2v) is 9.39. The Balaban J connectivity index is 1.32. The maximum Gasteiger partial charge on any atom is 0.419 e. The zero-order valence-electron chi connectivity index (χ0n) is 17.2. The van der Waals surface area contributed by atoms with Gasteiger partial charge in [-0.3, -0.25) is 14.2 Å². The molecule has 1 fully saturated rings. The molecule has 0 amide bonds. The number of nitrogens with zero attached hydrogens (tertiary/aromatic N) is 2. The highest BCUT2D eigenvalue weighted by Gasteiger charge is 2.27. The van der Waals surface area contributed by atoms with Gasteiger partial charge in [0.1, 0.15) is 0 Å². The third kappa shape index (κ3) is 4.51. The summed E-state index contributed by atoms with van der Waals surface area (Å²) in [5.41, 5.74) is 1.25. The van der Waals surface area contributed by atoms with Crippen LogP contribution in [0.1, 0.15) is 29.6 Å². The summed E-state index contributed by atoms with van der Waals surface area (Å²) in [6, 6.07) is 12.5. The van der Waals surface area contributed by atoms with Gasteiger partial charge in [-0.15, -0.1) is 0 Å². The van der Waals surface area contributed by atoms with E-state index in [-0.39, 0.29) is 23.4 Å². The lowest BCUT2D eigenvalue weighted by Gasteiger charge is -2.15. The van der Waals surface area contributed by atoms with Crippen LogP contribution in [-0.4, -0.2) is 48.7 Å². The number of aromatic nitrogens is 1. The van der Waals surface area contributed by atoms with Gasteiger partial charge in [0.05, 0.1) is 16.8 Å². The van der Waals surface area contributed by atoms with Gasteiger partial charge in [-0.2, -0.15) is 4.31 Å². The highest BCUT2D eigenvalue weighted by Crippen LogP contribution is 2.21. The number of aryl methyl sites for hydroxylation is 1. The molecule has 168 valence electrons. The Morgan fingerprint density at radius 2 is 1.69 bits per heavy atom. The minimum absolute atomic E-state index is 0.0614. The Morgan fingerprint density at radius 3 is 2.41 bits per heavy atom. The highest BCUT2D eigenvalue weighted by atomic mass is 32.2. The van der Waals surface area contributed by atoms with Crippen LogP contribution in [0.2, 0.25) is 0 Å². The lowest BCUT2D eigenvalue weighted by atomic mass is 10.1. The molecule has 10 heteroatoms. The van der Waals surface area contributed by atoms with Gasteiger partial charge in [-0.1, -0.05) is 12.1 Å². The number of sulfonamides is 1. The molecular formula is C22H22N2O7S. The maximum atomic E-state index is 12.5. The van der Waals surface area contributed by atoms with Gasteiger partial charge in [0, 0.05) is 25.2 Å². The highest BCUT2D eigenvalue weighted by molar-refractivity contribution is 7.89. The fourth-order valence-electron chi connectivity index (χ4n) is 3.62. The monoisotopic (exact) mass is 458 g/mol. The standard InChI is InChI=1S/C22H22N2O7S/c25-19(16-7-9-17(10-8-16)32(28,29)23-12-3-4-13-23)15-30-21(26)11-14-24-18-5-1-2-6-20(18)31-22(24)27/h1-2,5-10H,3-4,11-15H2. The van der Waals surface area contributed by atoms with Gasteiger partial charge >= 0.3 is 11.7 Å². The SMILES string of the molecule is O=C(CCn1c(=O)oc2ccccc21)OCC(=O)c1ccc(S(=O)(=O)N2CCCC2)cc1. The average molecular weight is 458 g/mol. The number of hydrogen-bond donors (Lipinski definition) is 0. The van der Waals surface area contributed by atoms with Crippen LogP contribution < -0.4 is 5.76 Å². The summed E-state index contributed by atoms with van der Waals surface area (Å²) >= 11 is 0. The van der Waals surface area contributed by atoms with Gasteiger partial charge in [0.2, 0.25) is 10.0 Å². The molecule has 32 heavy (non-hydrogen) atoms. The van der Waals surface area contributed by atoms with Crippen LogP contribution in [0.4, 0.5) is 0 Å². The molecule has 0 aliphatic carbocycles. The van der Waals surface area contributed by atoms with E-state index in [1.807, 2.05) is 0 Å². The predicted molar refractivity (Wildman–Crippen MR) is 115 cm³/mol. The molecule has 4 rings (SSSR count). The molecule has 1 aliphatic rings. The van der Waals surface area contributed by atoms with E-state index in [1.54, 1.807) is 24.3 Å². The van der Waals surface area contributed by atoms with Crippen LogP contribution in [0.5, 0.6) is 0 Å². The Hall–Kier alpha value is -3.24. The summed E-state index contributed by atoms with van der Waals surface area (Å²) in [5.74, 6) is -1.66. The first-order valence-electron chi connectivity index (χ1n) is 10.2. The number of oxazole rings is 1. The number of rotatable bonds is 8. The molecule has 3 aromatic rings. The number of para-hydroxylation sites is 2. The lowest BCUT2D eigenvalue weighted by Crippen LogP contribution is -2.27. The summed E-state index contributed by atoms with van der Waals surface area (Å²) in [6.07, 6.45) is 1.57. The van der Waals surface area contributed by atoms with E-state index in [1.165, 1.54) is 33.1 Å². The number of ketones is 1. The first-order valence-corrected chi connectivity index (χ1v) is 11.7. The lowest BCUT2D eigenvalue weighted by molar-refractivity contribution is -0.142. The number of fused-ring (bicyclic) bond motifs is 1. The quantitative estimate of drug-likeness (QED) is 0.375. The number of hydrogen-bond acceptors (Lipinski definition) is 7. The molecule has 1 saturated heterocycles. The normalized spacial score (nSPS) is 14.6. The fraction of sp³-hybridized carbons (Fsp3) is 0.318. The van der Waals surface area contributed by atoms with Crippen molar-refractivity contribution in [2.75, 3.05) is 19.7 Å². The van der Waals surface area contributed by atoms with Crippen molar-refractivity contribution in [2.45, 2.75) is 30.7 Å². The summed E-state index contributed by atoms with van der Waals surface area (Å²) in [7, 11) is -3.55. The number of esters is 1. The van der Waals surface area contributed by atoms with Crippen molar-refractivity contribution in [3.05, 3.63) is 64.6 Å². The topological polar surface area (TPSA) is 116 Å². The van der Waals surface area contributed by atoms with Gasteiger partial charge in [-0.05, 0) is 49.2 Å². The number of benzene rings is 2. The minimum Gasteiger partial charge on any atom is -0.457 e. The summed E-state index contributed by atoms with van der Waals surface area (Å²) in [4.78, 5) is 36.4. The van der Waals surface area contributed by atoms with Crippen LogP contribution >= 0.6 is 0 Å². The molecule has 2 heterocycles. The molecular weight excluding hydrogens is 436 g/mol. The van der Waals surface area contributed by atoms with Crippen LogP contribution in [0, 0.1) is 0 Å². The zero-order chi connectivity index (χ0) is 22.7. The van der Waals surface area contributed by atoms with E-state index in [0.717, 1.165) is 12.8 Å². The van der Waals surface area contributed by atoms with Crippen molar-refractivity contribution in [1.82, 2.24) is 8.87 Å². The smallest absolute Gasteiger partial charge is 0.419 e. The molecule has 1 aliphatic heterocycles. The summed E-state index contributed by atoms with van der Waals surface area (Å²) in [6.45, 7) is 0.587. The largest absolute Gasteiger partial charge is 0.457 e. The van der Waals surface area contributed by atoms with Crippen LogP contribution in [0.15, 0.2) is 62.6 Å². The molecule has 0 spiro atoms. The molecule has 0 radical (unpaired) electrons. The van der Waals surface area contributed by atoms with E-state index in [2.05, 4.69) is 0 Å². The molecule has 1 aromatic heterocycles. The first kappa shape index (κ1) is 22.0. The Kier molecular flexibility index (Phi) is 6.24. The van der Waals surface area contributed by atoms with Crippen molar-refractivity contribution in [1.29, 1.82) is 0 Å². The van der Waals surface area contributed by atoms with Crippen LogP contribution in [0.25, 0.3) is 11.1 Å². The average Bonchev–Trinajstić information content (AvgIpc) is 3.44. The molecule has 0 bridgehead atoms. The van der Waals surface area contributed by atoms with Gasteiger partial charge < -0.3 is 9.15 Å². The fourth-order valence-corrected chi connectivity index (χ4v) is 5.14. The van der Waals surface area contributed by atoms with Crippen molar-refractivity contribution < 1.29 is 27.2 Å². The van der Waals surface area contributed by atoms with Crippen molar-refractivity contribution in [2.24, 2.45) is 0 Å². The molecule has 2 aromatic carbocycles. The second-order valence-electron chi connectivity index (χ2n) is 7.46. The number of carbonyl (C=O) groups is 2. The first-order chi connectivity index (χ1) is 15.4. The van der Waals surface area contributed by atoms with Gasteiger partial charge in [-0.25, -0.2) is 13.2 Å². The Morgan fingerprint density at radius 1 is 1.00 bits per heavy atom. The molecule has 0 N–H and O–H groups in total. The Labute approximate surface area is 184 Å². The van der Waals surface area contributed by atoms with E-state index < -0.39 is 34.1 Å². The van der Waals surface area contributed by atoms with Crippen LogP contribution in [0.3, 0.4) is 0 Å². The van der Waals surface area contributed by atoms with Crippen molar-refractivity contribution in [3.8, 4) is 0 Å². The second kappa shape index (κ2) is 9.09. The molecule has 0 unspecified atom stereocenters. The van der Waals surface area contributed by atoms with Gasteiger partial charge in [0.15, 0.2) is 18.0 Å². The molecule has 0 atom stereocenters. The number of carbonyl (C=O) groups excluding carboxylic acids is 2. The third-order valence-corrected chi connectivity index (χ3v) is 7.27. The van der Waals surface area contributed by atoms with E-state index in [9.17, 15) is 22.8 Å². The third-order valence-electron chi connectivity index (χ3n) is 5.36. The molecule has 9 nitrogen and oxygen atoms in total. The van der Waals surface area contributed by atoms with Crippen molar-refractivity contribution in [3.63, 3.8) is 0 Å². The summed E-state index contributed by atoms with van der Waals surface area (Å²) in [5, 5.41) is 0. The predicted octanol–water partition coefficient (Wildman–Crippen LogP) is 2.20. The number of ether oxygens (including phenoxy) is 1. The van der Waals surface area contributed by atoms with Gasteiger partial charge in [0.25, 0.3) is 0 Å². The number of Topliss-reactive ketones (excluding diaryl/α,β-unsaturated/α-hetero) is 1. The zero-order valence-corrected chi connectivity index (χ0v) is 18.0. The van der Waals surface area contributed by atoms with E-state index in [4.69, 9.17) is 9.15 Å². The van der Waals surface area contributed by atoms with Crippen LogP contribution in [-0.2, 0) is 26.1 Å². The van der Waals surface area contributed by atoms with E-state index in [0.29, 0.717) is 24.2 Å². The molecule has 0 saturated carbocycles. The maximum absolute atomic E-state index is 12.5. The van der Waals surface area contributed by atoms with E-state index >= 15 is 0 Å². The van der Waals surface area contributed by atoms with Crippen molar-refractivity contribution >= 4 is 32.9 Å².